The van der Waals surface area contributed by atoms with Crippen molar-refractivity contribution < 1.29 is 29.0 Å². The van der Waals surface area contributed by atoms with E-state index in [1.807, 2.05) is 28.8 Å². The van der Waals surface area contributed by atoms with Crippen LogP contribution in [0.3, 0.4) is 0 Å². The maximum absolute atomic E-state index is 12.6. The summed E-state index contributed by atoms with van der Waals surface area (Å²) in [4.78, 5) is 39.2. The Balaban J connectivity index is 1.41. The molecule has 1 aromatic carbocycles. The normalized spacial score (nSPS) is 16.2. The quantitative estimate of drug-likeness (QED) is 0.291. The molecule has 10 nitrogen and oxygen atoms in total. The number of aromatic nitrogens is 2. The summed E-state index contributed by atoms with van der Waals surface area (Å²) in [6.45, 7) is 1.97. The zero-order chi connectivity index (χ0) is 23.9. The fourth-order valence-electron chi connectivity index (χ4n) is 4.37. The number of nitrogens with one attached hydrogen (secondary N) is 2. The fraction of sp³-hybridized carbons (Fsp3) is 0.417. The molecule has 1 unspecified atom stereocenters. The zero-order valence-electron chi connectivity index (χ0n) is 18.8. The molecule has 3 aromatic rings. The van der Waals surface area contributed by atoms with E-state index in [4.69, 9.17) is 14.6 Å². The van der Waals surface area contributed by atoms with E-state index in [2.05, 4.69) is 21.7 Å². The number of ether oxygens (including phenoxy) is 2. The van der Waals surface area contributed by atoms with Gasteiger partial charge in [0.25, 0.3) is 0 Å². The molecule has 0 aliphatic carbocycles. The molecule has 4 rings (SSSR count). The molecular weight excluding hydrogens is 440 g/mol. The molecule has 0 saturated carbocycles. The number of amides is 3. The summed E-state index contributed by atoms with van der Waals surface area (Å²) in [5.74, 6) is -0.529. The van der Waals surface area contributed by atoms with Crippen LogP contribution in [0.5, 0.6) is 0 Å². The lowest BCUT2D eigenvalue weighted by atomic mass is 10.0. The first-order chi connectivity index (χ1) is 16.6. The van der Waals surface area contributed by atoms with Gasteiger partial charge in [-0.25, -0.2) is 9.78 Å². The van der Waals surface area contributed by atoms with Gasteiger partial charge in [-0.2, -0.15) is 0 Å². The van der Waals surface area contributed by atoms with Crippen LogP contribution in [0.25, 0.3) is 21.9 Å². The van der Waals surface area contributed by atoms with E-state index in [0.717, 1.165) is 40.3 Å². The van der Waals surface area contributed by atoms with Gasteiger partial charge in [0.05, 0.1) is 25.3 Å². The van der Waals surface area contributed by atoms with Crippen molar-refractivity contribution in [1.29, 1.82) is 0 Å². The molecule has 2 aromatic heterocycles. The molecule has 1 fully saturated rings. The summed E-state index contributed by atoms with van der Waals surface area (Å²) in [6.07, 6.45) is 3.02. The van der Waals surface area contributed by atoms with Crippen molar-refractivity contribution in [3.05, 3.63) is 42.1 Å². The van der Waals surface area contributed by atoms with E-state index in [9.17, 15) is 14.4 Å². The number of fused-ring (bicyclic) bond motifs is 3. The van der Waals surface area contributed by atoms with E-state index in [-0.39, 0.29) is 18.4 Å². The molecule has 1 aliphatic heterocycles. The summed E-state index contributed by atoms with van der Waals surface area (Å²) in [5, 5.41) is 15.2. The van der Waals surface area contributed by atoms with Crippen molar-refractivity contribution in [3.63, 3.8) is 0 Å². The smallest absolute Gasteiger partial charge is 0.404 e. The van der Waals surface area contributed by atoms with Crippen LogP contribution in [0, 0.1) is 0 Å². The molecule has 180 valence electrons. The number of pyridine rings is 1. The van der Waals surface area contributed by atoms with E-state index in [0.29, 0.717) is 39.3 Å². The van der Waals surface area contributed by atoms with Crippen LogP contribution < -0.4 is 10.6 Å². The number of carbonyl (C=O) groups is 3. The molecule has 0 bridgehead atoms. The van der Waals surface area contributed by atoms with Crippen molar-refractivity contribution in [3.8, 4) is 0 Å². The lowest BCUT2D eigenvalue weighted by molar-refractivity contribution is -0.135. The SMILES string of the molecule is O=C(O)NCCOCCOCCCc1cccc2c1c1cccnc1n2C1CCC(=O)NC1=O. The molecule has 3 N–H and O–H groups in total. The zero-order valence-corrected chi connectivity index (χ0v) is 18.8. The molecule has 1 aliphatic rings. The Morgan fingerprint density at radius 3 is 2.76 bits per heavy atom. The van der Waals surface area contributed by atoms with Crippen LogP contribution in [0.2, 0.25) is 0 Å². The van der Waals surface area contributed by atoms with Gasteiger partial charge in [-0.1, -0.05) is 12.1 Å². The molecule has 0 spiro atoms. The molecule has 34 heavy (non-hydrogen) atoms. The van der Waals surface area contributed by atoms with Crippen LogP contribution in [0.4, 0.5) is 4.79 Å². The van der Waals surface area contributed by atoms with Crippen molar-refractivity contribution in [2.45, 2.75) is 31.7 Å². The largest absolute Gasteiger partial charge is 0.465 e. The average Bonchev–Trinajstić information content (AvgIpc) is 3.15. The van der Waals surface area contributed by atoms with Crippen LogP contribution >= 0.6 is 0 Å². The first-order valence-electron chi connectivity index (χ1n) is 11.4. The maximum atomic E-state index is 12.6. The van der Waals surface area contributed by atoms with Gasteiger partial charge in [-0.15, -0.1) is 0 Å². The molecular formula is C24H28N4O6. The first-order valence-corrected chi connectivity index (χ1v) is 11.4. The van der Waals surface area contributed by atoms with E-state index in [1.165, 1.54) is 0 Å². The Kier molecular flexibility index (Phi) is 7.71. The molecule has 3 heterocycles. The number of benzene rings is 1. The second kappa shape index (κ2) is 11.1. The second-order valence-corrected chi connectivity index (χ2v) is 8.08. The minimum absolute atomic E-state index is 0.238. The molecule has 10 heteroatoms. The Morgan fingerprint density at radius 2 is 1.97 bits per heavy atom. The number of piperidine rings is 1. The van der Waals surface area contributed by atoms with Crippen LogP contribution in [0.15, 0.2) is 36.5 Å². The minimum atomic E-state index is -1.06. The number of carbonyl (C=O) groups excluding carboxylic acids is 2. The Morgan fingerprint density at radius 1 is 1.15 bits per heavy atom. The van der Waals surface area contributed by atoms with Crippen molar-refractivity contribution >= 4 is 39.8 Å². The number of nitrogens with zero attached hydrogens (tertiary/aromatic N) is 2. The van der Waals surface area contributed by atoms with Gasteiger partial charge in [-0.05, 0) is 43.0 Å². The third kappa shape index (κ3) is 5.35. The second-order valence-electron chi connectivity index (χ2n) is 8.08. The van der Waals surface area contributed by atoms with Crippen molar-refractivity contribution in [1.82, 2.24) is 20.2 Å². The van der Waals surface area contributed by atoms with E-state index >= 15 is 0 Å². The predicted octanol–water partition coefficient (Wildman–Crippen LogP) is 2.40. The topological polar surface area (TPSA) is 132 Å². The minimum Gasteiger partial charge on any atom is -0.465 e. The highest BCUT2D eigenvalue weighted by atomic mass is 16.5. The molecule has 0 radical (unpaired) electrons. The number of imide groups is 1. The van der Waals surface area contributed by atoms with Crippen molar-refractivity contribution in [2.24, 2.45) is 0 Å². The van der Waals surface area contributed by atoms with Gasteiger partial charge >= 0.3 is 6.09 Å². The number of rotatable bonds is 11. The van der Waals surface area contributed by atoms with Gasteiger partial charge in [0.1, 0.15) is 11.7 Å². The van der Waals surface area contributed by atoms with Crippen molar-refractivity contribution in [2.75, 3.05) is 33.0 Å². The van der Waals surface area contributed by atoms with Gasteiger partial charge < -0.3 is 24.5 Å². The van der Waals surface area contributed by atoms with Crippen LogP contribution in [-0.2, 0) is 25.5 Å². The Bertz CT molecular complexity index is 1190. The molecule has 1 atom stereocenters. The highest BCUT2D eigenvalue weighted by Crippen LogP contribution is 2.35. The Hall–Kier alpha value is -3.50. The summed E-state index contributed by atoms with van der Waals surface area (Å²) < 4.78 is 12.9. The number of carboxylic acid groups (broad SMARTS) is 1. The number of aryl methyl sites for hydroxylation is 1. The standard InChI is InChI=1S/C24H28N4O6/c29-20-9-8-19(23(30)27-20)28-18-7-1-4-16(21(18)17-6-2-10-25-22(17)28)5-3-12-33-14-15-34-13-11-26-24(31)32/h1-2,4,6-7,10,19,26H,3,5,8-9,11-15H2,(H,31,32)(H,27,29,30). The summed E-state index contributed by atoms with van der Waals surface area (Å²) in [6, 6.07) is 9.50. The number of hydrogen-bond donors (Lipinski definition) is 3. The van der Waals surface area contributed by atoms with Gasteiger partial charge in [0, 0.05) is 36.5 Å². The molecule has 1 saturated heterocycles. The number of hydrogen-bond acceptors (Lipinski definition) is 6. The predicted molar refractivity (Wildman–Crippen MR) is 125 cm³/mol. The van der Waals surface area contributed by atoms with Crippen LogP contribution in [0.1, 0.15) is 30.9 Å². The Labute approximate surface area is 196 Å². The van der Waals surface area contributed by atoms with Gasteiger partial charge in [-0.3, -0.25) is 14.9 Å². The highest BCUT2D eigenvalue weighted by Gasteiger charge is 2.31. The average molecular weight is 469 g/mol. The first kappa shape index (κ1) is 23.7. The highest BCUT2D eigenvalue weighted by molar-refractivity contribution is 6.10. The summed E-state index contributed by atoms with van der Waals surface area (Å²) in [5.41, 5.74) is 2.83. The lowest BCUT2D eigenvalue weighted by Crippen LogP contribution is -2.41. The monoisotopic (exact) mass is 468 g/mol. The summed E-state index contributed by atoms with van der Waals surface area (Å²) >= 11 is 0. The van der Waals surface area contributed by atoms with E-state index < -0.39 is 12.1 Å². The fourth-order valence-corrected chi connectivity index (χ4v) is 4.37. The lowest BCUT2D eigenvalue weighted by Gasteiger charge is -2.23. The van der Waals surface area contributed by atoms with Gasteiger partial charge in [0.2, 0.25) is 11.8 Å². The maximum Gasteiger partial charge on any atom is 0.404 e. The van der Waals surface area contributed by atoms with Crippen LogP contribution in [-0.4, -0.2) is 65.5 Å². The molecule has 3 amide bonds. The van der Waals surface area contributed by atoms with E-state index in [1.54, 1.807) is 6.20 Å². The summed E-state index contributed by atoms with van der Waals surface area (Å²) in [7, 11) is 0. The third-order valence-electron chi connectivity index (χ3n) is 5.82. The van der Waals surface area contributed by atoms with Gasteiger partial charge in [0.15, 0.2) is 0 Å². The third-order valence-corrected chi connectivity index (χ3v) is 5.82.